The number of carboxylic acid groups (broad SMARTS) is 1. The SMILES string of the molecule is O=C(O)[B]P. The van der Waals surface area contributed by atoms with Crippen molar-refractivity contribution in [2.45, 2.75) is 0 Å². The van der Waals surface area contributed by atoms with Crippen molar-refractivity contribution in [3.05, 3.63) is 0 Å². The molecule has 0 aliphatic carbocycles. The Labute approximate surface area is 33.0 Å². The second-order valence-electron chi connectivity index (χ2n) is 0.505. The van der Waals surface area contributed by atoms with E-state index >= 15 is 0 Å². The molecule has 0 aliphatic rings. The zero-order valence-electron chi connectivity index (χ0n) is 2.51. The summed E-state index contributed by atoms with van der Waals surface area (Å²) in [6, 6.07) is 0. The van der Waals surface area contributed by atoms with Gasteiger partial charge in [-0.25, -0.2) is 0 Å². The van der Waals surface area contributed by atoms with E-state index in [0.717, 1.165) is 7.00 Å². The van der Waals surface area contributed by atoms with Crippen LogP contribution >= 0.6 is 9.12 Å². The molecule has 0 fully saturated rings. The van der Waals surface area contributed by atoms with Gasteiger partial charge in [0.15, 0.2) is 0 Å². The third kappa shape index (κ3) is 3.96. The minimum absolute atomic E-state index is 0.907. The fraction of sp³-hybridized carbons (Fsp3) is 0. The van der Waals surface area contributed by atoms with E-state index < -0.39 is 5.87 Å². The van der Waals surface area contributed by atoms with Gasteiger partial charge in [0.1, 0.15) is 0 Å². The van der Waals surface area contributed by atoms with E-state index in [9.17, 15) is 4.79 Å². The fourth-order valence-corrected chi connectivity index (χ4v) is 0. The summed E-state index contributed by atoms with van der Waals surface area (Å²) in [4.78, 5) is 9.29. The third-order valence-corrected chi connectivity index (χ3v) is 0.428. The van der Waals surface area contributed by atoms with Crippen molar-refractivity contribution in [1.82, 2.24) is 0 Å². The summed E-state index contributed by atoms with van der Waals surface area (Å²) in [5, 5.41) is 7.65. The van der Waals surface area contributed by atoms with E-state index in [4.69, 9.17) is 5.11 Å². The van der Waals surface area contributed by atoms with Crippen molar-refractivity contribution in [2.75, 3.05) is 0 Å². The van der Waals surface area contributed by atoms with E-state index in [0.29, 0.717) is 0 Å². The summed E-state index contributed by atoms with van der Waals surface area (Å²) in [6.07, 6.45) is 0. The molecule has 5 heavy (non-hydrogen) atoms. The lowest BCUT2D eigenvalue weighted by Crippen LogP contribution is -1.93. The Balaban J connectivity index is 2.85. The fourth-order valence-electron chi connectivity index (χ4n) is 0. The van der Waals surface area contributed by atoms with Crippen LogP contribution in [0.3, 0.4) is 0 Å². The Morgan fingerprint density at radius 2 is 2.20 bits per heavy atom. The van der Waals surface area contributed by atoms with Crippen molar-refractivity contribution in [3.8, 4) is 0 Å². The van der Waals surface area contributed by atoms with E-state index in [1.807, 2.05) is 9.12 Å². The molecule has 0 aromatic carbocycles. The van der Waals surface area contributed by atoms with Gasteiger partial charge in [-0.2, -0.15) is 9.12 Å². The molecule has 0 aromatic rings. The average molecular weight is 88.8 g/mol. The summed E-state index contributed by atoms with van der Waals surface area (Å²) in [5.74, 6) is -0.907. The highest BCUT2D eigenvalue weighted by Crippen LogP contribution is 1.72. The van der Waals surface area contributed by atoms with Gasteiger partial charge in [0.05, 0.1) is 0 Å². The monoisotopic (exact) mass is 89.0 g/mol. The first-order valence-electron chi connectivity index (χ1n) is 1.05. The molecule has 0 heterocycles. The molecule has 4 heteroatoms. The van der Waals surface area contributed by atoms with Crippen molar-refractivity contribution < 1.29 is 9.90 Å². The van der Waals surface area contributed by atoms with Crippen LogP contribution in [0.1, 0.15) is 0 Å². The minimum Gasteiger partial charge on any atom is -0.489 e. The molecule has 27 valence electrons. The topological polar surface area (TPSA) is 37.3 Å². The number of rotatable bonds is 1. The van der Waals surface area contributed by atoms with Crippen LogP contribution < -0.4 is 0 Å². The molecule has 1 N–H and O–H groups in total. The van der Waals surface area contributed by atoms with Gasteiger partial charge >= 0.3 is 0 Å². The standard InChI is InChI=1S/CH3BO2P/c3-1(4)2-5/h5H2,(H,3,4). The molecular formula is CH3BO2P. The van der Waals surface area contributed by atoms with E-state index in [1.54, 1.807) is 0 Å². The van der Waals surface area contributed by atoms with Gasteiger partial charge in [0.25, 0.3) is 7.00 Å². The summed E-state index contributed by atoms with van der Waals surface area (Å²) >= 11 is 0. The molecular weight excluding hydrogens is 85.8 g/mol. The van der Waals surface area contributed by atoms with Gasteiger partial charge in [-0.1, -0.05) is 0 Å². The second kappa shape index (κ2) is 2.22. The zero-order valence-corrected chi connectivity index (χ0v) is 3.66. The van der Waals surface area contributed by atoms with Gasteiger partial charge in [0.2, 0.25) is 5.87 Å². The molecule has 0 saturated heterocycles. The molecule has 1 atom stereocenters. The highest BCUT2D eigenvalue weighted by molar-refractivity contribution is 7.61. The molecule has 1 radical (unpaired) electrons. The summed E-state index contributed by atoms with van der Waals surface area (Å²) in [6.45, 7) is 1.00. The summed E-state index contributed by atoms with van der Waals surface area (Å²) < 4.78 is 0. The first-order chi connectivity index (χ1) is 2.27. The molecule has 0 aromatic heterocycles. The molecule has 1 unspecified atom stereocenters. The Hall–Kier alpha value is -0.0351. The summed E-state index contributed by atoms with van der Waals surface area (Å²) in [7, 11) is 1.97. The maximum atomic E-state index is 9.29. The maximum absolute atomic E-state index is 9.29. The zero-order chi connectivity index (χ0) is 4.28. The van der Waals surface area contributed by atoms with Gasteiger partial charge in [0, 0.05) is 0 Å². The van der Waals surface area contributed by atoms with E-state index in [1.165, 1.54) is 0 Å². The predicted octanol–water partition coefficient (Wildman–Crippen LogP) is 0.159. The lowest BCUT2D eigenvalue weighted by Gasteiger charge is -1.69. The molecule has 0 rings (SSSR count). The van der Waals surface area contributed by atoms with E-state index in [2.05, 4.69) is 0 Å². The van der Waals surface area contributed by atoms with Crippen LogP contribution in [-0.4, -0.2) is 18.0 Å². The van der Waals surface area contributed by atoms with Crippen LogP contribution in [0.15, 0.2) is 0 Å². The highest BCUT2D eigenvalue weighted by Gasteiger charge is 1.85. The smallest absolute Gasteiger partial charge is 0.287 e. The van der Waals surface area contributed by atoms with Gasteiger partial charge < -0.3 is 5.11 Å². The molecule has 0 bridgehead atoms. The number of hydrogen-bond acceptors (Lipinski definition) is 1. The van der Waals surface area contributed by atoms with Crippen molar-refractivity contribution in [2.24, 2.45) is 0 Å². The minimum atomic E-state index is -0.907. The third-order valence-electron chi connectivity index (χ3n) is 0.143. The largest absolute Gasteiger partial charge is 0.489 e. The van der Waals surface area contributed by atoms with Gasteiger partial charge in [-0.15, -0.1) is 0 Å². The van der Waals surface area contributed by atoms with E-state index in [-0.39, 0.29) is 0 Å². The highest BCUT2D eigenvalue weighted by atomic mass is 31.0. The van der Waals surface area contributed by atoms with Crippen molar-refractivity contribution in [3.63, 3.8) is 0 Å². The van der Waals surface area contributed by atoms with Crippen LogP contribution in [0.2, 0.25) is 0 Å². The van der Waals surface area contributed by atoms with Gasteiger partial charge in [-0.3, -0.25) is 4.79 Å². The maximum Gasteiger partial charge on any atom is 0.287 e. The lowest BCUT2D eigenvalue weighted by atomic mass is 10.1. The predicted molar refractivity (Wildman–Crippen MR) is 23.5 cm³/mol. The molecule has 0 saturated carbocycles. The Morgan fingerprint density at radius 1 is 2.00 bits per heavy atom. The van der Waals surface area contributed by atoms with Crippen LogP contribution in [0.4, 0.5) is 4.79 Å². The molecule has 2 nitrogen and oxygen atoms in total. The van der Waals surface area contributed by atoms with Crippen molar-refractivity contribution in [1.29, 1.82) is 0 Å². The van der Waals surface area contributed by atoms with Crippen LogP contribution in [0.5, 0.6) is 0 Å². The summed E-state index contributed by atoms with van der Waals surface area (Å²) in [5.41, 5.74) is 0. The number of carbonyl (C=O) groups is 1. The molecule has 0 spiro atoms. The van der Waals surface area contributed by atoms with Crippen molar-refractivity contribution >= 4 is 22.0 Å². The number of hydrogen-bond donors (Lipinski definition) is 1. The first-order valence-corrected chi connectivity index (χ1v) is 1.72. The normalized spacial score (nSPS) is 6.60. The van der Waals surface area contributed by atoms with Crippen LogP contribution in [0.25, 0.3) is 0 Å². The Morgan fingerprint density at radius 3 is 2.20 bits per heavy atom. The van der Waals surface area contributed by atoms with Gasteiger partial charge in [-0.05, 0) is 0 Å². The average Bonchev–Trinajstić information content (AvgIpc) is 1.38. The molecule has 0 aliphatic heterocycles. The Kier molecular flexibility index (Phi) is 2.20. The molecule has 0 amide bonds. The van der Waals surface area contributed by atoms with Crippen LogP contribution in [0, 0.1) is 0 Å². The Bertz CT molecular complexity index is 44.9. The first kappa shape index (κ1) is 4.96. The van der Waals surface area contributed by atoms with Crippen LogP contribution in [-0.2, 0) is 0 Å². The second-order valence-corrected chi connectivity index (χ2v) is 0.838. The lowest BCUT2D eigenvalue weighted by molar-refractivity contribution is 0.220. The quantitative estimate of drug-likeness (QED) is 0.366.